The minimum Gasteiger partial charge on any atom is -0.487 e. The van der Waals surface area contributed by atoms with Crippen molar-refractivity contribution in [2.75, 3.05) is 0 Å². The van der Waals surface area contributed by atoms with Crippen LogP contribution in [0.5, 0.6) is 5.75 Å². The Hall–Kier alpha value is -3.60. The summed E-state index contributed by atoms with van der Waals surface area (Å²) in [6.45, 7) is 1.45. The molecule has 0 saturated heterocycles. The van der Waals surface area contributed by atoms with E-state index in [1.54, 1.807) is 6.26 Å². The highest BCUT2D eigenvalue weighted by molar-refractivity contribution is 5.65. The van der Waals surface area contributed by atoms with Gasteiger partial charge in [-0.2, -0.15) is 0 Å². The second-order valence-corrected chi connectivity index (χ2v) is 7.82. The molecule has 5 nitrogen and oxygen atoms in total. The third-order valence-corrected chi connectivity index (χ3v) is 5.29. The van der Waals surface area contributed by atoms with Crippen LogP contribution >= 0.6 is 0 Å². The molecule has 0 fully saturated rings. The molecular weight excluding hydrogens is 398 g/mol. The fourth-order valence-electron chi connectivity index (χ4n) is 3.50. The van der Waals surface area contributed by atoms with Gasteiger partial charge in [0.15, 0.2) is 0 Å². The Labute approximate surface area is 189 Å². The normalized spacial score (nSPS) is 11.2. The Kier molecular flexibility index (Phi) is 7.91. The molecule has 0 N–H and O–H groups in total. The number of ether oxygens (including phenoxy) is 1. The maximum Gasteiger partial charge on any atom is 0.218 e. The van der Waals surface area contributed by atoms with Gasteiger partial charge in [-0.1, -0.05) is 55.3 Å². The minimum atomic E-state index is 0.388. The van der Waals surface area contributed by atoms with Crippen molar-refractivity contribution in [1.29, 1.82) is 0 Å². The largest absolute Gasteiger partial charge is 0.487 e. The van der Waals surface area contributed by atoms with Crippen molar-refractivity contribution in [3.8, 4) is 5.75 Å². The van der Waals surface area contributed by atoms with Crippen molar-refractivity contribution in [3.05, 3.63) is 102 Å². The molecular formula is C27H29N3O2. The summed E-state index contributed by atoms with van der Waals surface area (Å²) in [4.78, 5) is 8.53. The van der Waals surface area contributed by atoms with Crippen molar-refractivity contribution >= 4 is 12.2 Å². The standard InChI is InChI=1S/C27H29N3O2/c1(2-7-18-30-19-17-28-22-30)4-10-24-11-14-26(15-12-24)31-20-25-21-32-27(29-25)16-13-23-8-5-3-6-9-23/h3,5-6,8-9,11-17,19,21-22H,1-2,4,7,10,18,20H2. The first kappa shape index (κ1) is 21.6. The van der Waals surface area contributed by atoms with Crippen molar-refractivity contribution in [2.24, 2.45) is 0 Å². The summed E-state index contributed by atoms with van der Waals surface area (Å²) >= 11 is 0. The average molecular weight is 428 g/mol. The number of hydrogen-bond acceptors (Lipinski definition) is 4. The topological polar surface area (TPSA) is 53.1 Å². The number of unbranched alkanes of at least 4 members (excludes halogenated alkanes) is 3. The first-order valence-electron chi connectivity index (χ1n) is 11.2. The quantitative estimate of drug-likeness (QED) is 0.245. The van der Waals surface area contributed by atoms with Crippen LogP contribution in [0.2, 0.25) is 0 Å². The van der Waals surface area contributed by atoms with E-state index in [1.807, 2.05) is 73.3 Å². The number of hydrogen-bond donors (Lipinski definition) is 0. The Bertz CT molecular complexity index is 1070. The van der Waals surface area contributed by atoms with Gasteiger partial charge in [-0.15, -0.1) is 0 Å². The average Bonchev–Trinajstić information content (AvgIpc) is 3.52. The molecule has 0 spiro atoms. The highest BCUT2D eigenvalue weighted by atomic mass is 16.5. The Morgan fingerprint density at radius 1 is 0.906 bits per heavy atom. The lowest BCUT2D eigenvalue weighted by atomic mass is 10.1. The molecule has 32 heavy (non-hydrogen) atoms. The molecule has 2 aromatic heterocycles. The maximum atomic E-state index is 5.86. The molecule has 0 bridgehead atoms. The van der Waals surface area contributed by atoms with E-state index in [2.05, 4.69) is 26.7 Å². The molecule has 0 radical (unpaired) electrons. The van der Waals surface area contributed by atoms with Crippen molar-refractivity contribution in [2.45, 2.75) is 45.3 Å². The number of imidazole rings is 1. The van der Waals surface area contributed by atoms with Crippen LogP contribution < -0.4 is 4.74 Å². The second kappa shape index (κ2) is 11.7. The lowest BCUT2D eigenvalue weighted by Gasteiger charge is -2.06. The third kappa shape index (κ3) is 6.98. The van der Waals surface area contributed by atoms with E-state index in [0.717, 1.165) is 30.0 Å². The molecule has 2 heterocycles. The molecule has 5 heteroatoms. The van der Waals surface area contributed by atoms with Gasteiger partial charge in [-0.3, -0.25) is 0 Å². The molecule has 0 saturated carbocycles. The number of aryl methyl sites for hydroxylation is 2. The van der Waals surface area contributed by atoms with Gasteiger partial charge in [0.05, 0.1) is 6.33 Å². The number of aromatic nitrogens is 3. The molecule has 2 aromatic carbocycles. The minimum absolute atomic E-state index is 0.388. The van der Waals surface area contributed by atoms with E-state index in [0.29, 0.717) is 12.5 Å². The molecule has 4 aromatic rings. The molecule has 0 amide bonds. The van der Waals surface area contributed by atoms with E-state index < -0.39 is 0 Å². The fraction of sp³-hybridized carbons (Fsp3) is 0.259. The highest BCUT2D eigenvalue weighted by Crippen LogP contribution is 2.17. The SMILES string of the molecule is C(=Cc1nc(COc2ccc(CCCCCCn3ccnc3)cc2)co1)c1ccccc1. The summed E-state index contributed by atoms with van der Waals surface area (Å²) < 4.78 is 13.5. The number of rotatable bonds is 12. The number of benzene rings is 2. The molecule has 0 aliphatic heterocycles. The van der Waals surface area contributed by atoms with Crippen LogP contribution in [0.1, 0.15) is 48.4 Å². The van der Waals surface area contributed by atoms with Crippen LogP contribution in [0.3, 0.4) is 0 Å². The van der Waals surface area contributed by atoms with Gasteiger partial charge in [-0.05, 0) is 48.6 Å². The Balaban J connectivity index is 1.14. The van der Waals surface area contributed by atoms with Crippen molar-refractivity contribution < 1.29 is 9.15 Å². The summed E-state index contributed by atoms with van der Waals surface area (Å²) in [7, 11) is 0. The fourth-order valence-corrected chi connectivity index (χ4v) is 3.50. The number of nitrogens with zero attached hydrogens (tertiary/aromatic N) is 3. The molecule has 0 aliphatic rings. The van der Waals surface area contributed by atoms with Crippen LogP contribution in [0.15, 0.2) is 84.0 Å². The van der Waals surface area contributed by atoms with E-state index >= 15 is 0 Å². The lowest BCUT2D eigenvalue weighted by molar-refractivity contribution is 0.301. The Morgan fingerprint density at radius 3 is 2.56 bits per heavy atom. The van der Waals surface area contributed by atoms with Gasteiger partial charge in [0.1, 0.15) is 24.3 Å². The van der Waals surface area contributed by atoms with Gasteiger partial charge in [-0.25, -0.2) is 9.97 Å². The number of oxazole rings is 1. The van der Waals surface area contributed by atoms with Crippen molar-refractivity contribution in [3.63, 3.8) is 0 Å². The van der Waals surface area contributed by atoms with Crippen LogP contribution in [-0.4, -0.2) is 14.5 Å². The van der Waals surface area contributed by atoms with Crippen LogP contribution in [0, 0.1) is 0 Å². The lowest BCUT2D eigenvalue weighted by Crippen LogP contribution is -1.96. The zero-order valence-electron chi connectivity index (χ0n) is 18.3. The van der Waals surface area contributed by atoms with Crippen LogP contribution in [0.25, 0.3) is 12.2 Å². The second-order valence-electron chi connectivity index (χ2n) is 7.82. The summed E-state index contributed by atoms with van der Waals surface area (Å²) in [5.41, 5.74) is 3.23. The summed E-state index contributed by atoms with van der Waals surface area (Å²) in [6, 6.07) is 18.4. The third-order valence-electron chi connectivity index (χ3n) is 5.29. The van der Waals surface area contributed by atoms with Gasteiger partial charge in [0.25, 0.3) is 0 Å². The van der Waals surface area contributed by atoms with E-state index in [9.17, 15) is 0 Å². The van der Waals surface area contributed by atoms with E-state index in [1.165, 1.54) is 31.2 Å². The monoisotopic (exact) mass is 427 g/mol. The smallest absolute Gasteiger partial charge is 0.218 e. The van der Waals surface area contributed by atoms with Crippen molar-refractivity contribution in [1.82, 2.24) is 14.5 Å². The molecule has 0 unspecified atom stereocenters. The summed E-state index contributed by atoms with van der Waals surface area (Å²) in [5.74, 6) is 1.42. The molecule has 4 rings (SSSR count). The highest BCUT2D eigenvalue weighted by Gasteiger charge is 2.03. The summed E-state index contributed by atoms with van der Waals surface area (Å²) in [6.07, 6.45) is 17.2. The molecule has 0 atom stereocenters. The first-order chi connectivity index (χ1) is 15.8. The maximum absolute atomic E-state index is 5.86. The van der Waals surface area contributed by atoms with E-state index in [4.69, 9.17) is 9.15 Å². The first-order valence-corrected chi connectivity index (χ1v) is 11.2. The van der Waals surface area contributed by atoms with E-state index in [-0.39, 0.29) is 0 Å². The van der Waals surface area contributed by atoms with Crippen LogP contribution in [0.4, 0.5) is 0 Å². The van der Waals surface area contributed by atoms with Gasteiger partial charge in [0, 0.05) is 25.0 Å². The zero-order valence-corrected chi connectivity index (χ0v) is 18.3. The molecule has 164 valence electrons. The predicted molar refractivity (Wildman–Crippen MR) is 127 cm³/mol. The van der Waals surface area contributed by atoms with Gasteiger partial charge < -0.3 is 13.7 Å². The summed E-state index contributed by atoms with van der Waals surface area (Å²) in [5, 5.41) is 0. The zero-order chi connectivity index (χ0) is 21.8. The van der Waals surface area contributed by atoms with Gasteiger partial charge >= 0.3 is 0 Å². The molecule has 0 aliphatic carbocycles. The Morgan fingerprint density at radius 2 is 1.75 bits per heavy atom. The van der Waals surface area contributed by atoms with Crippen LogP contribution in [-0.2, 0) is 19.6 Å². The predicted octanol–water partition coefficient (Wildman–Crippen LogP) is 6.42. The van der Waals surface area contributed by atoms with Gasteiger partial charge in [0.2, 0.25) is 5.89 Å².